The second-order valence-corrected chi connectivity index (χ2v) is 16.8. The minimum Gasteiger partial charge on any atom is -0.399 e. The lowest BCUT2D eigenvalue weighted by atomic mass is 9.62. The number of aryl methyl sites for hydroxylation is 2. The molecule has 0 spiro atoms. The zero-order chi connectivity index (χ0) is 37.6. The van der Waals surface area contributed by atoms with Gasteiger partial charge in [0, 0.05) is 28.6 Å². The van der Waals surface area contributed by atoms with Gasteiger partial charge in [-0.3, -0.25) is 0 Å². The molecule has 0 aromatic heterocycles. The number of nitrogen functional groups attached to an aromatic ring is 2. The lowest BCUT2D eigenvalue weighted by molar-refractivity contribution is 0.250. The quantitative estimate of drug-likeness (QED) is 0.0708. The molecule has 1 aliphatic rings. The highest BCUT2D eigenvalue weighted by Crippen LogP contribution is 2.48. The largest absolute Gasteiger partial charge is 0.399 e. The van der Waals surface area contributed by atoms with Crippen LogP contribution in [-0.2, 0) is 5.41 Å². The number of anilines is 2. The molecule has 4 aromatic rings. The second kappa shape index (κ2) is 20.2. The van der Waals surface area contributed by atoms with Gasteiger partial charge in [-0.25, -0.2) is 0 Å². The Balaban J connectivity index is 1.43. The number of hydrogen-bond acceptors (Lipinski definition) is 2. The number of unbranched alkanes of at least 4 members (excludes halogenated alkanes) is 8. The summed E-state index contributed by atoms with van der Waals surface area (Å²) in [6.45, 7) is 11.4. The van der Waals surface area contributed by atoms with Gasteiger partial charge in [-0.15, -0.1) is 0 Å². The molecular formula is C51H72N2. The molecule has 0 heterocycles. The van der Waals surface area contributed by atoms with Crippen molar-refractivity contribution in [3.05, 3.63) is 129 Å². The van der Waals surface area contributed by atoms with Crippen LogP contribution < -0.4 is 11.5 Å². The first kappa shape index (κ1) is 40.7. The van der Waals surface area contributed by atoms with Crippen molar-refractivity contribution in [2.45, 2.75) is 167 Å². The van der Waals surface area contributed by atoms with E-state index in [1.165, 1.54) is 160 Å². The van der Waals surface area contributed by atoms with Crippen molar-refractivity contribution >= 4 is 11.4 Å². The third-order valence-electron chi connectivity index (χ3n) is 12.9. The van der Waals surface area contributed by atoms with Crippen molar-refractivity contribution in [2.75, 3.05) is 11.5 Å². The monoisotopic (exact) mass is 713 g/mol. The maximum absolute atomic E-state index is 6.19. The molecule has 286 valence electrons. The van der Waals surface area contributed by atoms with Crippen LogP contribution in [0.1, 0.15) is 193 Å². The van der Waals surface area contributed by atoms with Gasteiger partial charge >= 0.3 is 0 Å². The van der Waals surface area contributed by atoms with Crippen LogP contribution in [0.2, 0.25) is 0 Å². The van der Waals surface area contributed by atoms with Crippen LogP contribution in [0.4, 0.5) is 11.4 Å². The summed E-state index contributed by atoms with van der Waals surface area (Å²) < 4.78 is 0. The highest BCUT2D eigenvalue weighted by Gasteiger charge is 2.38. The normalized spacial score (nSPS) is 18.5. The molecule has 2 heteroatoms. The molecular weight excluding hydrogens is 641 g/mol. The molecule has 53 heavy (non-hydrogen) atoms. The number of rotatable bonds is 20. The Morgan fingerprint density at radius 3 is 1.36 bits per heavy atom. The Hall–Kier alpha value is -3.52. The lowest BCUT2D eigenvalue weighted by Crippen LogP contribution is -2.33. The van der Waals surface area contributed by atoms with Crippen molar-refractivity contribution in [3.63, 3.8) is 0 Å². The highest BCUT2D eigenvalue weighted by atomic mass is 14.5. The first-order valence-corrected chi connectivity index (χ1v) is 21.7. The van der Waals surface area contributed by atoms with E-state index in [-0.39, 0.29) is 5.41 Å². The molecule has 4 N–H and O–H groups in total. The molecule has 0 saturated heterocycles. The summed E-state index contributed by atoms with van der Waals surface area (Å²) >= 11 is 0. The van der Waals surface area contributed by atoms with Gasteiger partial charge in [0.15, 0.2) is 0 Å². The molecule has 2 atom stereocenters. The van der Waals surface area contributed by atoms with E-state index in [0.29, 0.717) is 11.8 Å². The summed E-state index contributed by atoms with van der Waals surface area (Å²) in [5.41, 5.74) is 25.5. The average Bonchev–Trinajstić information content (AvgIpc) is 3.17. The van der Waals surface area contributed by atoms with Crippen LogP contribution in [0, 0.1) is 19.8 Å². The summed E-state index contributed by atoms with van der Waals surface area (Å²) in [7, 11) is 0. The zero-order valence-electron chi connectivity index (χ0n) is 34.2. The summed E-state index contributed by atoms with van der Waals surface area (Å²) in [6, 6.07) is 32.9. The van der Waals surface area contributed by atoms with Crippen LogP contribution in [0.15, 0.2) is 84.9 Å². The van der Waals surface area contributed by atoms with Gasteiger partial charge in [0.2, 0.25) is 0 Å². The molecule has 5 rings (SSSR count). The predicted octanol–water partition coefficient (Wildman–Crippen LogP) is 14.7. The fourth-order valence-corrected chi connectivity index (χ4v) is 9.66. The van der Waals surface area contributed by atoms with E-state index >= 15 is 0 Å². The van der Waals surface area contributed by atoms with E-state index in [1.54, 1.807) is 0 Å². The summed E-state index contributed by atoms with van der Waals surface area (Å²) in [5.74, 6) is 1.65. The van der Waals surface area contributed by atoms with E-state index in [4.69, 9.17) is 11.5 Å². The van der Waals surface area contributed by atoms with Crippen molar-refractivity contribution < 1.29 is 0 Å². The fraction of sp³-hybridized carbons (Fsp3) is 0.529. The van der Waals surface area contributed by atoms with Crippen molar-refractivity contribution in [1.29, 1.82) is 0 Å². The van der Waals surface area contributed by atoms with Gasteiger partial charge in [0.1, 0.15) is 0 Å². The van der Waals surface area contributed by atoms with E-state index in [9.17, 15) is 0 Å². The van der Waals surface area contributed by atoms with Gasteiger partial charge in [-0.05, 0) is 127 Å². The topological polar surface area (TPSA) is 52.0 Å². The highest BCUT2D eigenvalue weighted by molar-refractivity contribution is 5.51. The zero-order valence-corrected chi connectivity index (χ0v) is 34.2. The summed E-state index contributed by atoms with van der Waals surface area (Å²) in [5, 5.41) is 0. The van der Waals surface area contributed by atoms with E-state index < -0.39 is 0 Å². The third kappa shape index (κ3) is 10.6. The minimum atomic E-state index is 0.0553. The lowest BCUT2D eigenvalue weighted by Gasteiger charge is -2.42. The van der Waals surface area contributed by atoms with Crippen molar-refractivity contribution in [3.8, 4) is 0 Å². The maximum atomic E-state index is 6.19. The van der Waals surface area contributed by atoms with E-state index in [1.807, 2.05) is 0 Å². The standard InChI is InChI=1S/C51H72N2/c1-6-9-12-13-14-15-16-17-40-32-34-51(35-33-40,43-24-20-41(21-25-43)49(18-10-7-2)47-30-28-45(52)36-38(47)4)44-26-22-42(23-27-44)50(19-11-8-3)48-31-29-46(53)37-39(48)5/h20-31,36-37,40,49-50H,6-19,32-35,52-53H2,1-5H3. The van der Waals surface area contributed by atoms with Crippen LogP contribution >= 0.6 is 0 Å². The van der Waals surface area contributed by atoms with Crippen LogP contribution in [-0.4, -0.2) is 0 Å². The van der Waals surface area contributed by atoms with Crippen molar-refractivity contribution in [2.24, 2.45) is 5.92 Å². The molecule has 2 nitrogen and oxygen atoms in total. The SMILES string of the molecule is CCCCCCCCCC1CCC(c2ccc(C(CCCC)c3ccc(N)cc3C)cc2)(c2ccc(C(CCCC)c3ccc(N)cc3C)cc2)CC1. The maximum Gasteiger partial charge on any atom is 0.0316 e. The van der Waals surface area contributed by atoms with E-state index in [2.05, 4.69) is 120 Å². The predicted molar refractivity (Wildman–Crippen MR) is 232 cm³/mol. The Kier molecular flexibility index (Phi) is 15.5. The Morgan fingerprint density at radius 2 is 0.943 bits per heavy atom. The second-order valence-electron chi connectivity index (χ2n) is 16.8. The molecule has 1 fully saturated rings. The smallest absolute Gasteiger partial charge is 0.0316 e. The van der Waals surface area contributed by atoms with E-state index in [0.717, 1.165) is 17.3 Å². The molecule has 4 aromatic carbocycles. The summed E-state index contributed by atoms with van der Waals surface area (Å²) in [4.78, 5) is 0. The molecule has 2 unspecified atom stereocenters. The van der Waals surface area contributed by atoms with Crippen LogP contribution in [0.3, 0.4) is 0 Å². The Morgan fingerprint density at radius 1 is 0.528 bits per heavy atom. The number of benzene rings is 4. The molecule has 0 bridgehead atoms. The van der Waals surface area contributed by atoms with Gasteiger partial charge in [0.25, 0.3) is 0 Å². The number of nitrogens with two attached hydrogens (primary N) is 2. The van der Waals surface area contributed by atoms with Gasteiger partial charge < -0.3 is 11.5 Å². The molecule has 1 saturated carbocycles. The molecule has 0 amide bonds. The first-order chi connectivity index (χ1) is 25.8. The summed E-state index contributed by atoms with van der Waals surface area (Å²) in [6.07, 6.45) is 23.5. The Bertz CT molecular complexity index is 1550. The Labute approximate surface area is 324 Å². The molecule has 0 aliphatic heterocycles. The molecule has 1 aliphatic carbocycles. The van der Waals surface area contributed by atoms with Gasteiger partial charge in [-0.1, -0.05) is 158 Å². The van der Waals surface area contributed by atoms with Crippen LogP contribution in [0.25, 0.3) is 0 Å². The van der Waals surface area contributed by atoms with Gasteiger partial charge in [0.05, 0.1) is 0 Å². The van der Waals surface area contributed by atoms with Crippen LogP contribution in [0.5, 0.6) is 0 Å². The average molecular weight is 713 g/mol. The minimum absolute atomic E-state index is 0.0553. The fourth-order valence-electron chi connectivity index (χ4n) is 9.66. The van der Waals surface area contributed by atoms with Crippen molar-refractivity contribution in [1.82, 2.24) is 0 Å². The first-order valence-electron chi connectivity index (χ1n) is 21.7. The third-order valence-corrected chi connectivity index (χ3v) is 12.9. The van der Waals surface area contributed by atoms with Gasteiger partial charge in [-0.2, -0.15) is 0 Å². The number of hydrogen-bond donors (Lipinski definition) is 2. The molecule has 0 radical (unpaired) electrons.